The van der Waals surface area contributed by atoms with Gasteiger partial charge < -0.3 is 55.1 Å². The molecule has 1 aromatic rings. The van der Waals surface area contributed by atoms with Crippen LogP contribution in [-0.4, -0.2) is 107 Å². The van der Waals surface area contributed by atoms with Gasteiger partial charge in [0, 0.05) is 5.69 Å². The summed E-state index contributed by atoms with van der Waals surface area (Å²) >= 11 is 5.34. The highest BCUT2D eigenvalue weighted by molar-refractivity contribution is 7.80. The van der Waals surface area contributed by atoms with Gasteiger partial charge in [-0.2, -0.15) is 0 Å². The molecule has 0 aliphatic carbocycles. The maximum Gasteiger partial charge on any atom is 0.261 e. The SMILES string of the molecule is CCCCCCCCCCCCCCCCCCCCCCCCCCN[C@@H](CO[C@@H]1O[C@H](COC(=S)Nc2ccc(OC)cc2)[C@H](O)[C@H](O)[C@H]1O)[C@H](O)[C@H](O)CCCCCCCCCCCCCC. The number of benzene rings is 1. The highest BCUT2D eigenvalue weighted by atomic mass is 32.1. The van der Waals surface area contributed by atoms with Crippen molar-refractivity contribution in [2.75, 3.05) is 32.2 Å². The van der Waals surface area contributed by atoms with Gasteiger partial charge in [0.05, 0.1) is 32.0 Å². The van der Waals surface area contributed by atoms with Gasteiger partial charge in [-0.05, 0) is 55.9 Å². The molecular formula is C58H108N2O9S. The number of ether oxygens (including phenoxy) is 4. The highest BCUT2D eigenvalue weighted by Gasteiger charge is 2.45. The fourth-order valence-corrected chi connectivity index (χ4v) is 9.85. The van der Waals surface area contributed by atoms with Crippen LogP contribution in [0.1, 0.15) is 251 Å². The lowest BCUT2D eigenvalue weighted by atomic mass is 9.98. The van der Waals surface area contributed by atoms with Crippen LogP contribution < -0.4 is 15.4 Å². The summed E-state index contributed by atoms with van der Waals surface area (Å²) < 4.78 is 22.8. The summed E-state index contributed by atoms with van der Waals surface area (Å²) in [5.74, 6) is 0.695. The molecule has 0 saturated carbocycles. The summed E-state index contributed by atoms with van der Waals surface area (Å²) in [7, 11) is 1.59. The molecule has 11 nitrogen and oxygen atoms in total. The van der Waals surface area contributed by atoms with Crippen molar-refractivity contribution in [3.05, 3.63) is 24.3 Å². The van der Waals surface area contributed by atoms with Crippen molar-refractivity contribution >= 4 is 23.1 Å². The van der Waals surface area contributed by atoms with Crippen molar-refractivity contribution in [3.63, 3.8) is 0 Å². The maximum absolute atomic E-state index is 11.4. The molecule has 2 rings (SSSR count). The quantitative estimate of drug-likeness (QED) is 0.0245. The fraction of sp³-hybridized carbons (Fsp3) is 0.879. The minimum absolute atomic E-state index is 0.0364. The largest absolute Gasteiger partial charge is 0.497 e. The Bertz CT molecular complexity index is 1310. The second-order valence-electron chi connectivity index (χ2n) is 20.7. The molecule has 1 aliphatic heterocycles. The lowest BCUT2D eigenvalue weighted by Gasteiger charge is -2.40. The van der Waals surface area contributed by atoms with E-state index in [9.17, 15) is 25.5 Å². The molecule has 0 radical (unpaired) electrons. The summed E-state index contributed by atoms with van der Waals surface area (Å²) in [5, 5.41) is 61.4. The van der Waals surface area contributed by atoms with Gasteiger partial charge >= 0.3 is 0 Å². The number of thiocarbonyl (C=S) groups is 1. The molecular weight excluding hydrogens is 901 g/mol. The summed E-state index contributed by atoms with van der Waals surface area (Å²) in [6, 6.07) is 6.47. The normalized spacial score (nSPS) is 19.5. The van der Waals surface area contributed by atoms with E-state index in [0.717, 1.165) is 38.5 Å². The first-order valence-corrected chi connectivity index (χ1v) is 29.6. The molecule has 0 spiro atoms. The Morgan fingerprint density at radius 3 is 1.37 bits per heavy atom. The van der Waals surface area contributed by atoms with Crippen LogP contribution in [0, 0.1) is 0 Å². The molecule has 12 heteroatoms. The number of aliphatic hydroxyl groups is 5. The zero-order valence-corrected chi connectivity index (χ0v) is 45.8. The van der Waals surface area contributed by atoms with Gasteiger partial charge in [-0.3, -0.25) is 0 Å². The van der Waals surface area contributed by atoms with Crippen LogP contribution in [0.15, 0.2) is 24.3 Å². The van der Waals surface area contributed by atoms with E-state index in [4.69, 9.17) is 31.2 Å². The Hall–Kier alpha value is -1.61. The molecule has 7 N–H and O–H groups in total. The molecule has 0 aromatic heterocycles. The zero-order chi connectivity index (χ0) is 50.7. The first kappa shape index (κ1) is 64.5. The van der Waals surface area contributed by atoms with E-state index < -0.39 is 49.0 Å². The summed E-state index contributed by atoms with van der Waals surface area (Å²) in [4.78, 5) is 0. The van der Waals surface area contributed by atoms with E-state index in [1.54, 1.807) is 31.4 Å². The average Bonchev–Trinajstić information content (AvgIpc) is 3.36. The Morgan fingerprint density at radius 1 is 0.557 bits per heavy atom. The molecule has 70 heavy (non-hydrogen) atoms. The molecule has 1 fully saturated rings. The molecule has 0 unspecified atom stereocenters. The minimum atomic E-state index is -1.57. The highest BCUT2D eigenvalue weighted by Crippen LogP contribution is 2.25. The Kier molecular flexibility index (Phi) is 41.3. The van der Waals surface area contributed by atoms with E-state index in [1.165, 1.54) is 193 Å². The van der Waals surface area contributed by atoms with E-state index in [-0.39, 0.29) is 18.4 Å². The van der Waals surface area contributed by atoms with Crippen molar-refractivity contribution < 1.29 is 44.5 Å². The van der Waals surface area contributed by atoms with Crippen LogP contribution in [0.2, 0.25) is 0 Å². The number of nitrogens with one attached hydrogen (secondary N) is 2. The van der Waals surface area contributed by atoms with Gasteiger partial charge in [0.15, 0.2) is 6.29 Å². The first-order chi connectivity index (χ1) is 34.2. The first-order valence-electron chi connectivity index (χ1n) is 29.2. The zero-order valence-electron chi connectivity index (χ0n) is 45.0. The van der Waals surface area contributed by atoms with Gasteiger partial charge in [0.1, 0.15) is 36.8 Å². The number of anilines is 1. The molecule has 0 amide bonds. The van der Waals surface area contributed by atoms with E-state index >= 15 is 0 Å². The van der Waals surface area contributed by atoms with Crippen LogP contribution in [0.5, 0.6) is 5.75 Å². The molecule has 1 aromatic carbocycles. The number of hydrogen-bond donors (Lipinski definition) is 7. The molecule has 8 atom stereocenters. The van der Waals surface area contributed by atoms with Crippen LogP contribution in [0.25, 0.3) is 0 Å². The van der Waals surface area contributed by atoms with Crippen molar-refractivity contribution in [2.24, 2.45) is 0 Å². The fourth-order valence-electron chi connectivity index (χ4n) is 9.66. The Labute approximate surface area is 433 Å². The van der Waals surface area contributed by atoms with Gasteiger partial charge in [-0.1, -0.05) is 239 Å². The third-order valence-corrected chi connectivity index (χ3v) is 14.6. The number of hydrogen-bond acceptors (Lipinski definition) is 11. The van der Waals surface area contributed by atoms with Crippen molar-refractivity contribution in [2.45, 2.75) is 300 Å². The molecule has 0 bridgehead atoms. The predicted octanol–water partition coefficient (Wildman–Crippen LogP) is 13.4. The summed E-state index contributed by atoms with van der Waals surface area (Å²) in [6.07, 6.45) is 38.4. The summed E-state index contributed by atoms with van der Waals surface area (Å²) in [6.45, 7) is 4.88. The number of rotatable bonds is 48. The summed E-state index contributed by atoms with van der Waals surface area (Å²) in [5.41, 5.74) is 0.678. The van der Waals surface area contributed by atoms with Gasteiger partial charge in [0.25, 0.3) is 5.17 Å². The van der Waals surface area contributed by atoms with Crippen LogP contribution in [0.3, 0.4) is 0 Å². The van der Waals surface area contributed by atoms with Crippen LogP contribution in [0.4, 0.5) is 5.69 Å². The van der Waals surface area contributed by atoms with Crippen LogP contribution in [-0.2, 0) is 14.2 Å². The lowest BCUT2D eigenvalue weighted by Crippen LogP contribution is -2.60. The Morgan fingerprint density at radius 2 is 0.957 bits per heavy atom. The molecule has 410 valence electrons. The smallest absolute Gasteiger partial charge is 0.261 e. The van der Waals surface area contributed by atoms with Crippen molar-refractivity contribution in [1.82, 2.24) is 5.32 Å². The van der Waals surface area contributed by atoms with Crippen molar-refractivity contribution in [1.29, 1.82) is 0 Å². The number of unbranched alkanes of at least 4 members (excludes halogenated alkanes) is 34. The molecule has 1 saturated heterocycles. The Balaban J connectivity index is 1.69. The average molecular weight is 1010 g/mol. The van der Waals surface area contributed by atoms with E-state index in [0.29, 0.717) is 24.4 Å². The number of methoxy groups -OCH3 is 1. The third-order valence-electron chi connectivity index (χ3n) is 14.4. The minimum Gasteiger partial charge on any atom is -0.497 e. The standard InChI is InChI=1S/C58H108N2O9S/c1-4-6-8-10-12-14-16-18-19-20-21-22-23-24-25-26-27-28-29-31-33-35-37-39-45-59-50(53(62)51(61)40-38-36-34-32-30-17-15-13-11-9-7-5-2)46-67-57-56(65)55(64)54(63)52(69-57)47-68-58(70)60-48-41-43-49(66-3)44-42-48/h41-44,50-57,59,61-65H,4-40,45-47H2,1-3H3,(H,60,70)/t50-,51+,52+,53-,54-,55-,56+,57+/m0/s1. The third kappa shape index (κ3) is 32.5. The van der Waals surface area contributed by atoms with E-state index in [1.807, 2.05) is 0 Å². The predicted molar refractivity (Wildman–Crippen MR) is 294 cm³/mol. The second kappa shape index (κ2) is 44.8. The van der Waals surface area contributed by atoms with Crippen molar-refractivity contribution in [3.8, 4) is 5.75 Å². The lowest BCUT2D eigenvalue weighted by molar-refractivity contribution is -0.302. The molecule has 1 aliphatic rings. The number of aliphatic hydroxyl groups excluding tert-OH is 5. The molecule has 1 heterocycles. The van der Waals surface area contributed by atoms with Crippen LogP contribution >= 0.6 is 12.2 Å². The van der Waals surface area contributed by atoms with E-state index in [2.05, 4.69) is 24.5 Å². The maximum atomic E-state index is 11.4. The topological polar surface area (TPSA) is 162 Å². The van der Waals surface area contributed by atoms with Gasteiger partial charge in [0.2, 0.25) is 0 Å². The monoisotopic (exact) mass is 1010 g/mol. The van der Waals surface area contributed by atoms with Gasteiger partial charge in [-0.15, -0.1) is 0 Å². The van der Waals surface area contributed by atoms with Gasteiger partial charge in [-0.25, -0.2) is 0 Å². The second-order valence-corrected chi connectivity index (χ2v) is 21.1.